The first-order chi connectivity index (χ1) is 9.06. The minimum atomic E-state index is 0.0799. The lowest BCUT2D eigenvalue weighted by molar-refractivity contribution is 0.859. The first-order valence-corrected chi connectivity index (χ1v) is 6.00. The molecule has 0 spiro atoms. The van der Waals surface area contributed by atoms with E-state index in [1.165, 1.54) is 0 Å². The smallest absolute Gasteiger partial charge is 0.225 e. The van der Waals surface area contributed by atoms with E-state index >= 15 is 0 Å². The maximum atomic E-state index is 7.45. The second-order valence-corrected chi connectivity index (χ2v) is 4.47. The van der Waals surface area contributed by atoms with Gasteiger partial charge in [-0.25, -0.2) is 9.97 Å². The van der Waals surface area contributed by atoms with E-state index in [1.807, 2.05) is 49.2 Å². The van der Waals surface area contributed by atoms with Crippen LogP contribution in [0, 0.1) is 12.3 Å². The summed E-state index contributed by atoms with van der Waals surface area (Å²) in [7, 11) is 1.94. The Hall–Kier alpha value is -2.43. The third-order valence-electron chi connectivity index (χ3n) is 2.78. The fraction of sp³-hybridized carbons (Fsp3) is 0.214. The van der Waals surface area contributed by atoms with Crippen molar-refractivity contribution in [1.82, 2.24) is 9.97 Å². The lowest BCUT2D eigenvalue weighted by Crippen LogP contribution is -2.20. The lowest BCUT2D eigenvalue weighted by Gasteiger charge is -2.17. The Balaban J connectivity index is 2.17. The van der Waals surface area contributed by atoms with Crippen LogP contribution in [0.25, 0.3) is 0 Å². The van der Waals surface area contributed by atoms with Gasteiger partial charge in [0.15, 0.2) is 0 Å². The van der Waals surface area contributed by atoms with Crippen molar-refractivity contribution in [2.75, 3.05) is 11.9 Å². The molecule has 2 rings (SSSR count). The van der Waals surface area contributed by atoms with Crippen molar-refractivity contribution in [3.63, 3.8) is 0 Å². The van der Waals surface area contributed by atoms with Crippen LogP contribution in [0.5, 0.6) is 0 Å². The highest BCUT2D eigenvalue weighted by Crippen LogP contribution is 2.11. The van der Waals surface area contributed by atoms with Gasteiger partial charge in [-0.2, -0.15) is 0 Å². The number of hydrogen-bond donors (Lipinski definition) is 2. The Morgan fingerprint density at radius 3 is 2.84 bits per heavy atom. The van der Waals surface area contributed by atoms with Crippen LogP contribution < -0.4 is 10.6 Å². The molecular formula is C14H17N5. The molecule has 0 saturated carbocycles. The summed E-state index contributed by atoms with van der Waals surface area (Å²) in [5, 5.41) is 7.45. The van der Waals surface area contributed by atoms with Gasteiger partial charge in [0.2, 0.25) is 5.95 Å². The molecule has 98 valence electrons. The van der Waals surface area contributed by atoms with Gasteiger partial charge >= 0.3 is 0 Å². The molecule has 0 aliphatic heterocycles. The maximum Gasteiger partial charge on any atom is 0.225 e. The van der Waals surface area contributed by atoms with E-state index in [0.29, 0.717) is 12.5 Å². The topological polar surface area (TPSA) is 78.9 Å². The van der Waals surface area contributed by atoms with E-state index in [-0.39, 0.29) is 5.84 Å². The Kier molecular flexibility index (Phi) is 3.75. The molecule has 0 unspecified atom stereocenters. The van der Waals surface area contributed by atoms with Gasteiger partial charge in [-0.05, 0) is 24.6 Å². The molecule has 0 aliphatic rings. The second-order valence-electron chi connectivity index (χ2n) is 4.47. The molecular weight excluding hydrogens is 238 g/mol. The Morgan fingerprint density at radius 2 is 2.16 bits per heavy atom. The van der Waals surface area contributed by atoms with Crippen molar-refractivity contribution in [2.24, 2.45) is 5.73 Å². The van der Waals surface area contributed by atoms with E-state index in [4.69, 9.17) is 11.1 Å². The first-order valence-electron chi connectivity index (χ1n) is 6.00. The normalized spacial score (nSPS) is 10.2. The molecule has 0 saturated heterocycles. The number of benzene rings is 1. The fourth-order valence-electron chi connectivity index (χ4n) is 1.80. The van der Waals surface area contributed by atoms with Crippen LogP contribution in [0.3, 0.4) is 0 Å². The van der Waals surface area contributed by atoms with Gasteiger partial charge in [0.05, 0.1) is 0 Å². The molecule has 0 amide bonds. The summed E-state index contributed by atoms with van der Waals surface area (Å²) in [5.41, 5.74) is 8.23. The molecule has 19 heavy (non-hydrogen) atoms. The summed E-state index contributed by atoms with van der Waals surface area (Å²) in [6.45, 7) is 2.61. The standard InChI is InChI=1S/C14H17N5/c1-10-6-7-17-14(18-10)19(2)9-11-4-3-5-12(8-11)13(15)16/h3-8H,9H2,1-2H3,(H3,15,16). The van der Waals surface area contributed by atoms with Crippen molar-refractivity contribution in [3.05, 3.63) is 53.3 Å². The largest absolute Gasteiger partial charge is 0.384 e. The fourth-order valence-corrected chi connectivity index (χ4v) is 1.80. The Bertz CT molecular complexity index is 594. The number of nitrogens with zero attached hydrogens (tertiary/aromatic N) is 3. The molecule has 0 radical (unpaired) electrons. The van der Waals surface area contributed by atoms with Gasteiger partial charge in [0, 0.05) is 31.0 Å². The summed E-state index contributed by atoms with van der Waals surface area (Å²) >= 11 is 0. The Labute approximate surface area is 112 Å². The zero-order valence-corrected chi connectivity index (χ0v) is 11.1. The quantitative estimate of drug-likeness (QED) is 0.644. The van der Waals surface area contributed by atoms with Gasteiger partial charge in [-0.1, -0.05) is 18.2 Å². The molecule has 0 fully saturated rings. The second kappa shape index (κ2) is 5.48. The van der Waals surface area contributed by atoms with E-state index < -0.39 is 0 Å². The first kappa shape index (κ1) is 13.0. The van der Waals surface area contributed by atoms with Crippen molar-refractivity contribution in [3.8, 4) is 0 Å². The molecule has 5 heteroatoms. The average molecular weight is 255 g/mol. The number of anilines is 1. The summed E-state index contributed by atoms with van der Waals surface area (Å²) in [6.07, 6.45) is 1.75. The third-order valence-corrected chi connectivity index (χ3v) is 2.78. The van der Waals surface area contributed by atoms with E-state index in [0.717, 1.165) is 16.8 Å². The SMILES string of the molecule is Cc1ccnc(N(C)Cc2cccc(C(=N)N)c2)n1. The van der Waals surface area contributed by atoms with E-state index in [1.54, 1.807) is 6.20 Å². The number of rotatable bonds is 4. The predicted molar refractivity (Wildman–Crippen MR) is 76.3 cm³/mol. The molecule has 0 aliphatic carbocycles. The minimum absolute atomic E-state index is 0.0799. The highest BCUT2D eigenvalue weighted by atomic mass is 15.2. The van der Waals surface area contributed by atoms with Crippen LogP contribution in [0.1, 0.15) is 16.8 Å². The summed E-state index contributed by atoms with van der Waals surface area (Å²) in [6, 6.07) is 9.51. The number of hydrogen-bond acceptors (Lipinski definition) is 4. The van der Waals surface area contributed by atoms with Gasteiger partial charge in [0.1, 0.15) is 5.84 Å². The van der Waals surface area contributed by atoms with Crippen molar-refractivity contribution < 1.29 is 0 Å². The molecule has 0 atom stereocenters. The summed E-state index contributed by atoms with van der Waals surface area (Å²) in [5.74, 6) is 0.768. The zero-order chi connectivity index (χ0) is 13.8. The van der Waals surface area contributed by atoms with Gasteiger partial charge in [0.25, 0.3) is 0 Å². The van der Waals surface area contributed by atoms with Gasteiger partial charge in [-0.15, -0.1) is 0 Å². The molecule has 3 N–H and O–H groups in total. The highest BCUT2D eigenvalue weighted by molar-refractivity contribution is 5.95. The van der Waals surface area contributed by atoms with Crippen LogP contribution in [-0.4, -0.2) is 22.9 Å². The number of amidine groups is 1. The molecule has 0 bridgehead atoms. The van der Waals surface area contributed by atoms with Gasteiger partial charge in [-0.3, -0.25) is 5.41 Å². The number of aromatic nitrogens is 2. The lowest BCUT2D eigenvalue weighted by atomic mass is 10.1. The molecule has 5 nitrogen and oxygen atoms in total. The zero-order valence-electron chi connectivity index (χ0n) is 11.1. The number of nitrogen functional groups attached to an aromatic ring is 1. The molecule has 1 aromatic heterocycles. The minimum Gasteiger partial charge on any atom is -0.384 e. The van der Waals surface area contributed by atoms with Crippen LogP contribution in [-0.2, 0) is 6.54 Å². The molecule has 1 heterocycles. The van der Waals surface area contributed by atoms with Crippen molar-refractivity contribution in [1.29, 1.82) is 5.41 Å². The third kappa shape index (κ3) is 3.28. The van der Waals surface area contributed by atoms with E-state index in [2.05, 4.69) is 9.97 Å². The van der Waals surface area contributed by atoms with Crippen LogP contribution in [0.4, 0.5) is 5.95 Å². The predicted octanol–water partition coefficient (Wildman–Crippen LogP) is 1.71. The van der Waals surface area contributed by atoms with E-state index in [9.17, 15) is 0 Å². The van der Waals surface area contributed by atoms with Crippen LogP contribution in [0.15, 0.2) is 36.5 Å². The monoisotopic (exact) mass is 255 g/mol. The summed E-state index contributed by atoms with van der Waals surface area (Å²) in [4.78, 5) is 10.6. The summed E-state index contributed by atoms with van der Waals surface area (Å²) < 4.78 is 0. The van der Waals surface area contributed by atoms with Gasteiger partial charge < -0.3 is 10.6 Å². The number of nitrogens with two attached hydrogens (primary N) is 1. The van der Waals surface area contributed by atoms with Crippen molar-refractivity contribution in [2.45, 2.75) is 13.5 Å². The average Bonchev–Trinajstić information content (AvgIpc) is 2.39. The number of aryl methyl sites for hydroxylation is 1. The molecule has 2 aromatic rings. The van der Waals surface area contributed by atoms with Crippen LogP contribution >= 0.6 is 0 Å². The van der Waals surface area contributed by atoms with Crippen LogP contribution in [0.2, 0.25) is 0 Å². The molecule has 1 aromatic carbocycles. The Morgan fingerprint density at radius 1 is 1.37 bits per heavy atom. The van der Waals surface area contributed by atoms with Crippen molar-refractivity contribution >= 4 is 11.8 Å². The highest BCUT2D eigenvalue weighted by Gasteiger charge is 2.06. The maximum absolute atomic E-state index is 7.45. The number of nitrogens with one attached hydrogen (secondary N) is 1.